The summed E-state index contributed by atoms with van der Waals surface area (Å²) in [4.78, 5) is 13.1. The van der Waals surface area contributed by atoms with Crippen LogP contribution in [-0.2, 0) is 29.6 Å². The highest BCUT2D eigenvalue weighted by Crippen LogP contribution is 2.30. The van der Waals surface area contributed by atoms with Crippen molar-refractivity contribution in [1.82, 2.24) is 4.31 Å². The summed E-state index contributed by atoms with van der Waals surface area (Å²) in [6, 6.07) is 14.3. The van der Waals surface area contributed by atoms with E-state index in [1.165, 1.54) is 66.0 Å². The molecule has 1 saturated heterocycles. The minimum Gasteiger partial charge on any atom is -0.495 e. The number of hydrogen-bond donors (Lipinski definition) is 1. The van der Waals surface area contributed by atoms with Gasteiger partial charge in [-0.3, -0.25) is 9.10 Å². The number of ether oxygens (including phenoxy) is 3. The quantitative estimate of drug-likeness (QED) is 0.352. The third-order valence-corrected chi connectivity index (χ3v) is 9.86. The molecule has 11 nitrogen and oxygen atoms in total. The number of amides is 1. The second kappa shape index (κ2) is 12.9. The third-order valence-electron chi connectivity index (χ3n) is 6.18. The van der Waals surface area contributed by atoms with Crippen molar-refractivity contribution in [2.45, 2.75) is 16.7 Å². The molecular weight excluding hydrogens is 577 g/mol. The summed E-state index contributed by atoms with van der Waals surface area (Å²) in [5.41, 5.74) is 0.0791. The molecule has 41 heavy (non-hydrogen) atoms. The molecule has 3 aromatic rings. The minimum absolute atomic E-state index is 0.0318. The van der Waals surface area contributed by atoms with Gasteiger partial charge in [0.15, 0.2) is 0 Å². The summed E-state index contributed by atoms with van der Waals surface area (Å²) in [6.07, 6.45) is 0. The van der Waals surface area contributed by atoms with Crippen molar-refractivity contribution in [3.8, 4) is 11.5 Å². The average molecular weight is 608 g/mol. The summed E-state index contributed by atoms with van der Waals surface area (Å²) >= 11 is 0. The van der Waals surface area contributed by atoms with Gasteiger partial charge in [-0.05, 0) is 73.7 Å². The highest BCUT2D eigenvalue weighted by atomic mass is 32.2. The average Bonchev–Trinajstić information content (AvgIpc) is 2.97. The Hall–Kier alpha value is -3.72. The van der Waals surface area contributed by atoms with Gasteiger partial charge in [-0.2, -0.15) is 4.31 Å². The van der Waals surface area contributed by atoms with Crippen LogP contribution in [0.1, 0.15) is 6.92 Å². The fourth-order valence-electron chi connectivity index (χ4n) is 4.13. The van der Waals surface area contributed by atoms with E-state index in [9.17, 15) is 26.0 Å². The van der Waals surface area contributed by atoms with Crippen molar-refractivity contribution < 1.29 is 40.2 Å². The number of sulfonamides is 2. The normalized spacial score (nSPS) is 14.3. The van der Waals surface area contributed by atoms with Gasteiger partial charge in [-0.15, -0.1) is 0 Å². The van der Waals surface area contributed by atoms with Gasteiger partial charge in [-0.25, -0.2) is 21.2 Å². The molecule has 14 heteroatoms. The van der Waals surface area contributed by atoms with Crippen molar-refractivity contribution >= 4 is 37.3 Å². The summed E-state index contributed by atoms with van der Waals surface area (Å²) < 4.78 is 85.3. The van der Waals surface area contributed by atoms with E-state index < -0.39 is 38.3 Å². The lowest BCUT2D eigenvalue weighted by Crippen LogP contribution is -2.40. The van der Waals surface area contributed by atoms with E-state index in [0.717, 1.165) is 16.4 Å². The van der Waals surface area contributed by atoms with E-state index >= 15 is 0 Å². The number of methoxy groups -OCH3 is 1. The third kappa shape index (κ3) is 6.96. The van der Waals surface area contributed by atoms with Crippen LogP contribution in [0.4, 0.5) is 15.8 Å². The molecule has 4 rings (SSSR count). The number of anilines is 2. The molecule has 0 radical (unpaired) electrons. The first-order valence-corrected chi connectivity index (χ1v) is 15.5. The fourth-order valence-corrected chi connectivity index (χ4v) is 6.98. The number of hydrogen-bond acceptors (Lipinski definition) is 8. The highest BCUT2D eigenvalue weighted by Gasteiger charge is 2.30. The Morgan fingerprint density at radius 2 is 1.61 bits per heavy atom. The van der Waals surface area contributed by atoms with Crippen LogP contribution >= 0.6 is 0 Å². The van der Waals surface area contributed by atoms with Crippen molar-refractivity contribution in [3.63, 3.8) is 0 Å². The van der Waals surface area contributed by atoms with Crippen LogP contribution in [0.15, 0.2) is 76.5 Å². The molecule has 0 atom stereocenters. The number of carbonyl (C=O) groups is 1. The van der Waals surface area contributed by atoms with Crippen LogP contribution < -0.4 is 19.1 Å². The molecule has 1 N–H and O–H groups in total. The van der Waals surface area contributed by atoms with E-state index in [2.05, 4.69) is 5.32 Å². The van der Waals surface area contributed by atoms with Gasteiger partial charge < -0.3 is 19.5 Å². The van der Waals surface area contributed by atoms with Crippen LogP contribution in [0.2, 0.25) is 0 Å². The maximum atomic E-state index is 13.7. The number of benzene rings is 3. The minimum atomic E-state index is -4.30. The summed E-state index contributed by atoms with van der Waals surface area (Å²) in [5, 5.41) is 2.57. The van der Waals surface area contributed by atoms with Gasteiger partial charge in [0.1, 0.15) is 23.9 Å². The number of nitrogens with zero attached hydrogens (tertiary/aromatic N) is 2. The smallest absolute Gasteiger partial charge is 0.264 e. The van der Waals surface area contributed by atoms with E-state index in [0.29, 0.717) is 12.4 Å². The van der Waals surface area contributed by atoms with Crippen LogP contribution in [0.5, 0.6) is 11.5 Å². The maximum Gasteiger partial charge on any atom is 0.264 e. The monoisotopic (exact) mass is 607 g/mol. The zero-order chi connectivity index (χ0) is 29.6. The highest BCUT2D eigenvalue weighted by molar-refractivity contribution is 7.92. The van der Waals surface area contributed by atoms with E-state index in [1.54, 1.807) is 6.92 Å². The van der Waals surface area contributed by atoms with Crippen LogP contribution in [0.25, 0.3) is 0 Å². The molecule has 1 aliphatic rings. The Labute approximate surface area is 238 Å². The first kappa shape index (κ1) is 30.2. The van der Waals surface area contributed by atoms with Gasteiger partial charge in [0.05, 0.1) is 48.1 Å². The molecule has 1 amide bonds. The Balaban J connectivity index is 1.64. The predicted molar refractivity (Wildman–Crippen MR) is 150 cm³/mol. The largest absolute Gasteiger partial charge is 0.495 e. The van der Waals surface area contributed by atoms with Crippen LogP contribution in [0, 0.1) is 5.82 Å². The van der Waals surface area contributed by atoms with Crippen molar-refractivity contribution in [3.05, 3.63) is 72.5 Å². The van der Waals surface area contributed by atoms with Gasteiger partial charge >= 0.3 is 0 Å². The number of carbonyl (C=O) groups excluding carboxylic acids is 1. The predicted octanol–water partition coefficient (Wildman–Crippen LogP) is 3.09. The maximum absolute atomic E-state index is 13.7. The summed E-state index contributed by atoms with van der Waals surface area (Å²) in [6.45, 7) is 2.39. The molecule has 1 heterocycles. The van der Waals surface area contributed by atoms with Crippen molar-refractivity contribution in [2.24, 2.45) is 0 Å². The van der Waals surface area contributed by atoms with Gasteiger partial charge in [0, 0.05) is 13.1 Å². The molecular formula is C27H30FN3O8S2. The van der Waals surface area contributed by atoms with Gasteiger partial charge in [-0.1, -0.05) is 0 Å². The lowest BCUT2D eigenvalue weighted by molar-refractivity contribution is -0.114. The molecule has 1 fully saturated rings. The lowest BCUT2D eigenvalue weighted by atomic mass is 10.3. The van der Waals surface area contributed by atoms with Gasteiger partial charge in [0.25, 0.3) is 10.0 Å². The van der Waals surface area contributed by atoms with E-state index in [-0.39, 0.29) is 53.2 Å². The molecule has 220 valence electrons. The number of morpholine rings is 1. The Morgan fingerprint density at radius 3 is 2.22 bits per heavy atom. The van der Waals surface area contributed by atoms with Crippen LogP contribution in [0.3, 0.4) is 0 Å². The van der Waals surface area contributed by atoms with Crippen molar-refractivity contribution in [2.75, 3.05) is 56.2 Å². The topological polar surface area (TPSA) is 132 Å². The molecule has 3 aromatic carbocycles. The Bertz CT molecular complexity index is 1580. The first-order chi connectivity index (χ1) is 19.6. The number of nitrogens with one attached hydrogen (secondary N) is 1. The summed E-state index contributed by atoms with van der Waals surface area (Å²) in [5.74, 6) is -0.735. The molecule has 1 aliphatic heterocycles. The van der Waals surface area contributed by atoms with Crippen LogP contribution in [-0.4, -0.2) is 73.6 Å². The zero-order valence-corrected chi connectivity index (χ0v) is 24.1. The second-order valence-electron chi connectivity index (χ2n) is 8.82. The first-order valence-electron chi connectivity index (χ1n) is 12.6. The number of halogens is 1. The number of rotatable bonds is 11. The Morgan fingerprint density at radius 1 is 0.976 bits per heavy atom. The van der Waals surface area contributed by atoms with E-state index in [1.807, 2.05) is 0 Å². The zero-order valence-electron chi connectivity index (χ0n) is 22.4. The molecule has 0 spiro atoms. The molecule has 0 bridgehead atoms. The van der Waals surface area contributed by atoms with Crippen molar-refractivity contribution in [1.29, 1.82) is 0 Å². The second-order valence-corrected chi connectivity index (χ2v) is 12.6. The van der Waals surface area contributed by atoms with Gasteiger partial charge in [0.2, 0.25) is 15.9 Å². The van der Waals surface area contributed by atoms with E-state index in [4.69, 9.17) is 14.2 Å². The lowest BCUT2D eigenvalue weighted by Gasteiger charge is -2.26. The Kier molecular flexibility index (Phi) is 9.48. The molecule has 0 aliphatic carbocycles. The SMILES string of the molecule is CCOc1ccc(S(=O)(=O)N(CC(=O)Nc2cc(S(=O)(=O)N3CCOCC3)ccc2OC)c2ccc(F)cc2)cc1. The standard InChI is InChI=1S/C27H30FN3O8S2/c1-3-39-22-8-10-23(11-9-22)41(35,36)31(21-6-4-20(28)5-7-21)19-27(32)29-25-18-24(12-13-26(25)37-2)40(33,34)30-14-16-38-17-15-30/h4-13,18H,3,14-17,19H2,1-2H3,(H,29,32). The summed E-state index contributed by atoms with van der Waals surface area (Å²) in [7, 11) is -6.84. The fraction of sp³-hybridized carbons (Fsp3) is 0.296. The molecule has 0 unspecified atom stereocenters. The molecule has 0 aromatic heterocycles. The molecule has 0 saturated carbocycles.